The Morgan fingerprint density at radius 3 is 2.45 bits per heavy atom. The van der Waals surface area contributed by atoms with Crippen LogP contribution in [0.3, 0.4) is 0 Å². The van der Waals surface area contributed by atoms with Crippen molar-refractivity contribution in [1.82, 2.24) is 10.2 Å². The molecule has 0 unspecified atom stereocenters. The minimum atomic E-state index is 0.515. The molecular weight excluding hydrogens is 246 g/mol. The monoisotopic (exact) mass is 271 g/mol. The molecule has 0 bridgehead atoms. The molecule has 2 N–H and O–H groups in total. The summed E-state index contributed by atoms with van der Waals surface area (Å²) in [5.41, 5.74) is 6.36. The summed E-state index contributed by atoms with van der Waals surface area (Å²) >= 11 is 0. The first-order valence-corrected chi connectivity index (χ1v) is 7.35. The second-order valence-electron chi connectivity index (χ2n) is 6.03. The highest BCUT2D eigenvalue weighted by atomic mass is 15.1. The van der Waals surface area contributed by atoms with Gasteiger partial charge in [-0.2, -0.15) is 5.10 Å². The van der Waals surface area contributed by atoms with Gasteiger partial charge in [-0.3, -0.25) is 5.10 Å². The van der Waals surface area contributed by atoms with Gasteiger partial charge in [-0.05, 0) is 36.0 Å². The molecule has 0 aliphatic rings. The molecule has 1 heterocycles. The summed E-state index contributed by atoms with van der Waals surface area (Å²) in [7, 11) is 0. The maximum Gasteiger partial charge on any atom is 0.0539 e. The van der Waals surface area contributed by atoms with Crippen LogP contribution >= 0.6 is 0 Å². The summed E-state index contributed by atoms with van der Waals surface area (Å²) in [6, 6.07) is 6.76. The van der Waals surface area contributed by atoms with Crippen molar-refractivity contribution in [2.75, 3.05) is 5.32 Å². The van der Waals surface area contributed by atoms with Gasteiger partial charge in [0.05, 0.1) is 6.20 Å². The number of nitrogens with one attached hydrogen (secondary N) is 2. The minimum Gasteiger partial charge on any atom is -0.381 e. The van der Waals surface area contributed by atoms with Crippen LogP contribution in [0, 0.1) is 6.92 Å². The van der Waals surface area contributed by atoms with Gasteiger partial charge < -0.3 is 5.32 Å². The Kier molecular flexibility index (Phi) is 4.48. The van der Waals surface area contributed by atoms with E-state index in [1.54, 1.807) is 0 Å². The average Bonchev–Trinajstić information content (AvgIpc) is 2.81. The van der Waals surface area contributed by atoms with E-state index in [2.05, 4.69) is 68.3 Å². The molecule has 2 rings (SSSR count). The number of aromatic amines is 1. The number of nitrogens with zero attached hydrogens (tertiary/aromatic N) is 1. The normalized spacial score (nSPS) is 11.3. The lowest BCUT2D eigenvalue weighted by atomic mass is 9.94. The summed E-state index contributed by atoms with van der Waals surface area (Å²) in [6.45, 7) is 11.8. The van der Waals surface area contributed by atoms with E-state index in [-0.39, 0.29) is 0 Å². The van der Waals surface area contributed by atoms with Gasteiger partial charge in [0, 0.05) is 23.5 Å². The van der Waals surface area contributed by atoms with E-state index in [9.17, 15) is 0 Å². The van der Waals surface area contributed by atoms with Gasteiger partial charge in [0.1, 0.15) is 0 Å². The number of rotatable bonds is 5. The molecule has 3 heteroatoms. The molecule has 1 aromatic heterocycles. The van der Waals surface area contributed by atoms with Crippen molar-refractivity contribution < 1.29 is 0 Å². The fourth-order valence-corrected chi connectivity index (χ4v) is 2.32. The number of anilines is 1. The molecular formula is C17H25N3. The van der Waals surface area contributed by atoms with Gasteiger partial charge in [0.2, 0.25) is 0 Å². The Labute approximate surface area is 121 Å². The highest BCUT2D eigenvalue weighted by Gasteiger charge is 2.10. The average molecular weight is 271 g/mol. The van der Waals surface area contributed by atoms with Crippen LogP contribution in [-0.4, -0.2) is 10.2 Å². The standard InChI is InChI=1S/C17H25N3/c1-11(2)14-6-7-17(16(8-14)12(3)4)18-9-15-10-19-20-13(15)5/h6-8,10-12,18H,9H2,1-5H3,(H,19,20). The van der Waals surface area contributed by atoms with Gasteiger partial charge >= 0.3 is 0 Å². The van der Waals surface area contributed by atoms with Crippen molar-refractivity contribution in [2.45, 2.75) is 53.0 Å². The highest BCUT2D eigenvalue weighted by Crippen LogP contribution is 2.28. The lowest BCUT2D eigenvalue weighted by molar-refractivity contribution is 0.833. The molecule has 108 valence electrons. The zero-order valence-electron chi connectivity index (χ0n) is 13.1. The van der Waals surface area contributed by atoms with E-state index in [0.717, 1.165) is 12.2 Å². The molecule has 20 heavy (non-hydrogen) atoms. The molecule has 0 saturated carbocycles. The Morgan fingerprint density at radius 2 is 1.90 bits per heavy atom. The second kappa shape index (κ2) is 6.12. The van der Waals surface area contributed by atoms with Crippen LogP contribution < -0.4 is 5.32 Å². The van der Waals surface area contributed by atoms with Crippen LogP contribution in [0.2, 0.25) is 0 Å². The smallest absolute Gasteiger partial charge is 0.0539 e. The number of hydrogen-bond acceptors (Lipinski definition) is 2. The Bertz CT molecular complexity index is 567. The van der Waals surface area contributed by atoms with Crippen molar-refractivity contribution in [2.24, 2.45) is 0 Å². The van der Waals surface area contributed by atoms with E-state index >= 15 is 0 Å². The fourth-order valence-electron chi connectivity index (χ4n) is 2.32. The molecule has 0 radical (unpaired) electrons. The molecule has 0 fully saturated rings. The third-order valence-corrected chi connectivity index (χ3v) is 3.77. The van der Waals surface area contributed by atoms with E-state index < -0.39 is 0 Å². The number of aryl methyl sites for hydroxylation is 1. The third kappa shape index (κ3) is 3.21. The molecule has 0 aliphatic heterocycles. The first-order chi connectivity index (χ1) is 9.49. The van der Waals surface area contributed by atoms with E-state index in [1.165, 1.54) is 22.4 Å². The predicted octanol–water partition coefficient (Wildman–Crippen LogP) is 4.58. The zero-order chi connectivity index (χ0) is 14.7. The predicted molar refractivity (Wildman–Crippen MR) is 85.3 cm³/mol. The Hall–Kier alpha value is -1.77. The zero-order valence-corrected chi connectivity index (χ0v) is 13.1. The lowest BCUT2D eigenvalue weighted by Crippen LogP contribution is -2.05. The van der Waals surface area contributed by atoms with Crippen molar-refractivity contribution in [3.63, 3.8) is 0 Å². The first kappa shape index (κ1) is 14.6. The van der Waals surface area contributed by atoms with E-state index in [4.69, 9.17) is 0 Å². The fraction of sp³-hybridized carbons (Fsp3) is 0.471. The highest BCUT2D eigenvalue weighted by molar-refractivity contribution is 5.55. The van der Waals surface area contributed by atoms with Crippen LogP contribution in [0.25, 0.3) is 0 Å². The summed E-state index contributed by atoms with van der Waals surface area (Å²) < 4.78 is 0. The quantitative estimate of drug-likeness (QED) is 0.836. The topological polar surface area (TPSA) is 40.7 Å². The lowest BCUT2D eigenvalue weighted by Gasteiger charge is -2.17. The van der Waals surface area contributed by atoms with Crippen molar-refractivity contribution in [3.05, 3.63) is 46.8 Å². The van der Waals surface area contributed by atoms with Crippen molar-refractivity contribution >= 4 is 5.69 Å². The third-order valence-electron chi connectivity index (χ3n) is 3.77. The Morgan fingerprint density at radius 1 is 1.15 bits per heavy atom. The Balaban J connectivity index is 2.20. The SMILES string of the molecule is Cc1[nH]ncc1CNc1ccc(C(C)C)cc1C(C)C. The second-order valence-corrected chi connectivity index (χ2v) is 6.03. The molecule has 0 amide bonds. The summed E-state index contributed by atoms with van der Waals surface area (Å²) in [5.74, 6) is 1.08. The number of hydrogen-bond donors (Lipinski definition) is 2. The molecule has 0 saturated heterocycles. The first-order valence-electron chi connectivity index (χ1n) is 7.35. The minimum absolute atomic E-state index is 0.515. The maximum absolute atomic E-state index is 4.06. The van der Waals surface area contributed by atoms with Crippen LogP contribution in [-0.2, 0) is 6.54 Å². The largest absolute Gasteiger partial charge is 0.381 e. The van der Waals surface area contributed by atoms with Crippen LogP contribution in [0.4, 0.5) is 5.69 Å². The number of H-pyrrole nitrogens is 1. The number of benzene rings is 1. The van der Waals surface area contributed by atoms with Crippen LogP contribution in [0.15, 0.2) is 24.4 Å². The molecule has 3 nitrogen and oxygen atoms in total. The molecule has 0 atom stereocenters. The maximum atomic E-state index is 4.06. The molecule has 0 spiro atoms. The van der Waals surface area contributed by atoms with Gasteiger partial charge in [-0.1, -0.05) is 39.8 Å². The van der Waals surface area contributed by atoms with Gasteiger partial charge in [-0.15, -0.1) is 0 Å². The van der Waals surface area contributed by atoms with Gasteiger partial charge in [0.15, 0.2) is 0 Å². The van der Waals surface area contributed by atoms with Crippen molar-refractivity contribution in [1.29, 1.82) is 0 Å². The van der Waals surface area contributed by atoms with Gasteiger partial charge in [0.25, 0.3) is 0 Å². The summed E-state index contributed by atoms with van der Waals surface area (Å²) in [4.78, 5) is 0. The van der Waals surface area contributed by atoms with Crippen LogP contribution in [0.1, 0.15) is 61.9 Å². The van der Waals surface area contributed by atoms with Crippen molar-refractivity contribution in [3.8, 4) is 0 Å². The molecule has 0 aliphatic carbocycles. The molecule has 2 aromatic rings. The summed E-state index contributed by atoms with van der Waals surface area (Å²) in [5, 5.41) is 10.6. The van der Waals surface area contributed by atoms with Crippen LogP contribution in [0.5, 0.6) is 0 Å². The summed E-state index contributed by atoms with van der Waals surface area (Å²) in [6.07, 6.45) is 1.89. The van der Waals surface area contributed by atoms with E-state index in [0.29, 0.717) is 11.8 Å². The van der Waals surface area contributed by atoms with Gasteiger partial charge in [-0.25, -0.2) is 0 Å². The number of aromatic nitrogens is 2. The van der Waals surface area contributed by atoms with E-state index in [1.807, 2.05) is 6.20 Å². The molecule has 1 aromatic carbocycles.